The van der Waals surface area contributed by atoms with Crippen LogP contribution in [0.4, 0.5) is 17.6 Å². The lowest BCUT2D eigenvalue weighted by Gasteiger charge is -2.29. The molecule has 0 radical (unpaired) electrons. The molecular weight excluding hydrogens is 548 g/mol. The summed E-state index contributed by atoms with van der Waals surface area (Å²) in [6.45, 7) is 4.37. The van der Waals surface area contributed by atoms with Crippen LogP contribution in [0.3, 0.4) is 0 Å². The summed E-state index contributed by atoms with van der Waals surface area (Å²) in [7, 11) is 0. The Bertz CT molecular complexity index is 1320. The number of halogens is 4. The summed E-state index contributed by atoms with van der Waals surface area (Å²) < 4.78 is 65.5. The first-order valence-corrected chi connectivity index (χ1v) is 16.3. The third-order valence-corrected chi connectivity index (χ3v) is 8.91. The SMILES string of the molecule is CCC=CCOc1ccc(-c2ccc(-c3ccc(C4CCC(CCCCCCCCC)CC4)c(F)c3F)cc2)c(F)c1F. The molecular formula is C38H46F4O. The van der Waals surface area contributed by atoms with E-state index in [1.54, 1.807) is 42.5 Å². The summed E-state index contributed by atoms with van der Waals surface area (Å²) in [5.41, 5.74) is 1.62. The molecule has 0 aromatic heterocycles. The molecule has 5 heteroatoms. The Kier molecular flexibility index (Phi) is 12.7. The molecule has 0 N–H and O–H groups in total. The highest BCUT2D eigenvalue weighted by atomic mass is 19.2. The van der Waals surface area contributed by atoms with Crippen molar-refractivity contribution in [3.63, 3.8) is 0 Å². The number of hydrogen-bond donors (Lipinski definition) is 0. The molecule has 4 rings (SSSR count). The molecule has 0 aliphatic heterocycles. The fourth-order valence-electron chi connectivity index (χ4n) is 6.32. The van der Waals surface area contributed by atoms with Crippen LogP contribution in [0.2, 0.25) is 0 Å². The second kappa shape index (κ2) is 16.7. The highest BCUT2D eigenvalue weighted by Crippen LogP contribution is 2.40. The third-order valence-electron chi connectivity index (χ3n) is 8.91. The number of allylic oxidation sites excluding steroid dienone is 1. The van der Waals surface area contributed by atoms with Gasteiger partial charge in [-0.3, -0.25) is 0 Å². The van der Waals surface area contributed by atoms with E-state index in [1.807, 2.05) is 13.0 Å². The quantitative estimate of drug-likeness (QED) is 0.0966. The van der Waals surface area contributed by atoms with Crippen molar-refractivity contribution in [3.8, 4) is 28.0 Å². The van der Waals surface area contributed by atoms with Gasteiger partial charge in [0.1, 0.15) is 6.61 Å². The van der Waals surface area contributed by atoms with Crippen molar-refractivity contribution in [1.29, 1.82) is 0 Å². The van der Waals surface area contributed by atoms with Crippen LogP contribution >= 0.6 is 0 Å². The van der Waals surface area contributed by atoms with Crippen LogP contribution in [0.25, 0.3) is 22.3 Å². The molecule has 0 atom stereocenters. The van der Waals surface area contributed by atoms with Gasteiger partial charge in [0.05, 0.1) is 0 Å². The lowest BCUT2D eigenvalue weighted by molar-refractivity contribution is 0.297. The molecule has 3 aromatic carbocycles. The van der Waals surface area contributed by atoms with Gasteiger partial charge in [-0.25, -0.2) is 13.2 Å². The number of rotatable bonds is 15. The maximum atomic E-state index is 15.3. The molecule has 1 fully saturated rings. The smallest absolute Gasteiger partial charge is 0.201 e. The average molecular weight is 595 g/mol. The zero-order chi connectivity index (χ0) is 30.6. The van der Waals surface area contributed by atoms with E-state index in [4.69, 9.17) is 4.74 Å². The maximum absolute atomic E-state index is 15.3. The number of unbranched alkanes of at least 4 members (excludes halogenated alkanes) is 6. The predicted molar refractivity (Wildman–Crippen MR) is 169 cm³/mol. The first kappa shape index (κ1) is 32.8. The van der Waals surface area contributed by atoms with Crippen molar-refractivity contribution in [1.82, 2.24) is 0 Å². The van der Waals surface area contributed by atoms with Crippen LogP contribution in [0.15, 0.2) is 60.7 Å². The van der Waals surface area contributed by atoms with Crippen LogP contribution in [0.5, 0.6) is 5.75 Å². The second-order valence-corrected chi connectivity index (χ2v) is 12.0. The largest absolute Gasteiger partial charge is 0.486 e. The van der Waals surface area contributed by atoms with Crippen molar-refractivity contribution in [3.05, 3.63) is 89.5 Å². The van der Waals surface area contributed by atoms with Gasteiger partial charge in [-0.2, -0.15) is 4.39 Å². The molecule has 3 aromatic rings. The average Bonchev–Trinajstić information content (AvgIpc) is 3.03. The van der Waals surface area contributed by atoms with Crippen LogP contribution in [-0.4, -0.2) is 6.61 Å². The third kappa shape index (κ3) is 8.74. The zero-order valence-corrected chi connectivity index (χ0v) is 25.7. The van der Waals surface area contributed by atoms with E-state index in [2.05, 4.69) is 6.92 Å². The molecule has 1 saturated carbocycles. The number of ether oxygens (including phenoxy) is 1. The van der Waals surface area contributed by atoms with Crippen molar-refractivity contribution in [2.24, 2.45) is 5.92 Å². The minimum absolute atomic E-state index is 0.0451. The predicted octanol–water partition coefficient (Wildman–Crippen LogP) is 12.3. The van der Waals surface area contributed by atoms with Gasteiger partial charge in [0.25, 0.3) is 0 Å². The Morgan fingerprint density at radius 2 is 1.21 bits per heavy atom. The normalized spacial score (nSPS) is 17.1. The standard InChI is InChI=1S/C38H46F4O/c1-3-5-7-8-9-10-11-13-27-14-16-28(17-15-27)31-22-23-32(36(40)35(31)39)29-18-20-30(21-19-29)33-24-25-34(38(42)37(33)41)43-26-12-6-4-2/h6,12,18-25,27-28H,3-5,7-11,13-17,26H2,1-2H3. The molecule has 1 nitrogen and oxygen atoms in total. The Morgan fingerprint density at radius 1 is 0.628 bits per heavy atom. The zero-order valence-electron chi connectivity index (χ0n) is 25.7. The van der Waals surface area contributed by atoms with Crippen molar-refractivity contribution >= 4 is 0 Å². The Morgan fingerprint density at radius 3 is 1.84 bits per heavy atom. The Labute approximate surface area is 255 Å². The highest BCUT2D eigenvalue weighted by molar-refractivity contribution is 5.72. The van der Waals surface area contributed by atoms with Gasteiger partial charge < -0.3 is 4.74 Å². The first-order chi connectivity index (χ1) is 20.9. The Hall–Kier alpha value is -3.08. The van der Waals surface area contributed by atoms with Crippen LogP contribution < -0.4 is 4.74 Å². The molecule has 0 amide bonds. The van der Waals surface area contributed by atoms with E-state index < -0.39 is 23.3 Å². The van der Waals surface area contributed by atoms with Gasteiger partial charge in [-0.15, -0.1) is 0 Å². The summed E-state index contributed by atoms with van der Waals surface area (Å²) >= 11 is 0. The van der Waals surface area contributed by atoms with Crippen molar-refractivity contribution in [2.45, 2.75) is 103 Å². The van der Waals surface area contributed by atoms with Gasteiger partial charge in [-0.05, 0) is 72.8 Å². The minimum atomic E-state index is -1.05. The summed E-state index contributed by atoms with van der Waals surface area (Å²) in [5.74, 6) is -3.10. The van der Waals surface area contributed by atoms with Crippen LogP contribution in [-0.2, 0) is 0 Å². The molecule has 0 heterocycles. The lowest BCUT2D eigenvalue weighted by atomic mass is 9.76. The first-order valence-electron chi connectivity index (χ1n) is 16.3. The lowest BCUT2D eigenvalue weighted by Crippen LogP contribution is -2.15. The monoisotopic (exact) mass is 594 g/mol. The number of benzene rings is 3. The summed E-state index contributed by atoms with van der Waals surface area (Å²) in [5, 5.41) is 0. The maximum Gasteiger partial charge on any atom is 0.201 e. The molecule has 232 valence electrons. The fraction of sp³-hybridized carbons (Fsp3) is 0.474. The molecule has 0 bridgehead atoms. The van der Waals surface area contributed by atoms with E-state index in [0.29, 0.717) is 22.6 Å². The summed E-state index contributed by atoms with van der Waals surface area (Å²) in [6.07, 6.45) is 18.8. The number of hydrogen-bond acceptors (Lipinski definition) is 1. The van der Waals surface area contributed by atoms with Gasteiger partial charge in [0, 0.05) is 11.1 Å². The minimum Gasteiger partial charge on any atom is -0.486 e. The fourth-order valence-corrected chi connectivity index (χ4v) is 6.32. The van der Waals surface area contributed by atoms with Crippen molar-refractivity contribution < 1.29 is 22.3 Å². The van der Waals surface area contributed by atoms with Crippen LogP contribution in [0, 0.1) is 29.2 Å². The topological polar surface area (TPSA) is 9.23 Å². The molecule has 1 aliphatic carbocycles. The van der Waals surface area contributed by atoms with E-state index >= 15 is 8.78 Å². The van der Waals surface area contributed by atoms with E-state index in [9.17, 15) is 8.78 Å². The molecule has 1 aliphatic rings. The van der Waals surface area contributed by atoms with Gasteiger partial charge in [0.15, 0.2) is 23.2 Å². The molecule has 0 spiro atoms. The summed E-state index contributed by atoms with van der Waals surface area (Å²) in [4.78, 5) is 0. The second-order valence-electron chi connectivity index (χ2n) is 12.0. The highest BCUT2D eigenvalue weighted by Gasteiger charge is 2.26. The van der Waals surface area contributed by atoms with Crippen LogP contribution in [0.1, 0.15) is 109 Å². The van der Waals surface area contributed by atoms with Gasteiger partial charge >= 0.3 is 0 Å². The summed E-state index contributed by atoms with van der Waals surface area (Å²) in [6, 6.07) is 12.6. The van der Waals surface area contributed by atoms with E-state index in [0.717, 1.165) is 32.1 Å². The van der Waals surface area contributed by atoms with Gasteiger partial charge in [-0.1, -0.05) is 114 Å². The van der Waals surface area contributed by atoms with Crippen molar-refractivity contribution in [2.75, 3.05) is 6.61 Å². The molecule has 0 unspecified atom stereocenters. The molecule has 43 heavy (non-hydrogen) atoms. The van der Waals surface area contributed by atoms with E-state index in [1.165, 1.54) is 63.5 Å². The Balaban J connectivity index is 1.35. The van der Waals surface area contributed by atoms with Gasteiger partial charge in [0.2, 0.25) is 5.82 Å². The molecule has 0 saturated heterocycles. The van der Waals surface area contributed by atoms with E-state index in [-0.39, 0.29) is 29.4 Å².